The number of hydrogen-bond acceptors (Lipinski definition) is 3. The van der Waals surface area contributed by atoms with Crippen LogP contribution in [0.15, 0.2) is 0 Å². The van der Waals surface area contributed by atoms with Crippen molar-refractivity contribution in [2.45, 2.75) is 51.0 Å². The molecule has 0 saturated carbocycles. The number of nitrogens with two attached hydrogens (primary N) is 1. The predicted octanol–water partition coefficient (Wildman–Crippen LogP) is 0.290. The molecule has 4 N–H and O–H groups in total. The standard InChI is InChI=1S/C12H23N3O2/c13-8-4-2-1-3-5-12(17)15-10-6-7-11(16)14-9-10/h10H,1-9,13H2,(H,14,16)(H,15,17). The van der Waals surface area contributed by atoms with Crippen molar-refractivity contribution in [2.24, 2.45) is 5.73 Å². The molecule has 0 aromatic carbocycles. The first-order valence-electron chi connectivity index (χ1n) is 6.48. The van der Waals surface area contributed by atoms with Gasteiger partial charge in [0.2, 0.25) is 11.8 Å². The van der Waals surface area contributed by atoms with E-state index >= 15 is 0 Å². The van der Waals surface area contributed by atoms with Crippen molar-refractivity contribution < 1.29 is 9.59 Å². The SMILES string of the molecule is NCCCCCCC(=O)NC1CCC(=O)NC1. The van der Waals surface area contributed by atoms with E-state index in [9.17, 15) is 9.59 Å². The number of amides is 2. The second kappa shape index (κ2) is 8.06. The Morgan fingerprint density at radius 1 is 1.35 bits per heavy atom. The summed E-state index contributed by atoms with van der Waals surface area (Å²) in [5.41, 5.74) is 5.39. The normalized spacial score (nSPS) is 19.8. The van der Waals surface area contributed by atoms with E-state index in [0.717, 1.165) is 38.6 Å². The first-order valence-corrected chi connectivity index (χ1v) is 6.48. The molecule has 0 aliphatic carbocycles. The van der Waals surface area contributed by atoms with Crippen molar-refractivity contribution in [3.8, 4) is 0 Å². The number of carbonyl (C=O) groups is 2. The molecule has 1 fully saturated rings. The van der Waals surface area contributed by atoms with Crippen molar-refractivity contribution in [3.05, 3.63) is 0 Å². The van der Waals surface area contributed by atoms with Crippen LogP contribution in [0.25, 0.3) is 0 Å². The van der Waals surface area contributed by atoms with Crippen LogP contribution in [0, 0.1) is 0 Å². The fourth-order valence-electron chi connectivity index (χ4n) is 1.94. The number of carbonyl (C=O) groups excluding carboxylic acids is 2. The van der Waals surface area contributed by atoms with Crippen LogP contribution in [-0.4, -0.2) is 30.9 Å². The number of unbranched alkanes of at least 4 members (excludes halogenated alkanes) is 3. The van der Waals surface area contributed by atoms with E-state index in [1.54, 1.807) is 0 Å². The third-order valence-electron chi connectivity index (χ3n) is 2.99. The molecule has 2 amide bonds. The van der Waals surface area contributed by atoms with Crippen LogP contribution in [0.1, 0.15) is 44.9 Å². The molecule has 17 heavy (non-hydrogen) atoms. The summed E-state index contributed by atoms with van der Waals surface area (Å²) in [4.78, 5) is 22.5. The van der Waals surface area contributed by atoms with Gasteiger partial charge in [0.15, 0.2) is 0 Å². The first kappa shape index (κ1) is 14.0. The van der Waals surface area contributed by atoms with Gasteiger partial charge in [-0.2, -0.15) is 0 Å². The van der Waals surface area contributed by atoms with E-state index in [2.05, 4.69) is 10.6 Å². The number of hydrogen-bond donors (Lipinski definition) is 3. The van der Waals surface area contributed by atoms with Gasteiger partial charge in [0, 0.05) is 25.4 Å². The lowest BCUT2D eigenvalue weighted by atomic mass is 10.1. The molecule has 1 atom stereocenters. The minimum absolute atomic E-state index is 0.0808. The Morgan fingerprint density at radius 3 is 2.76 bits per heavy atom. The predicted molar refractivity (Wildman–Crippen MR) is 66.3 cm³/mol. The summed E-state index contributed by atoms with van der Waals surface area (Å²) in [6, 6.07) is 0.115. The minimum Gasteiger partial charge on any atom is -0.354 e. The van der Waals surface area contributed by atoms with Crippen molar-refractivity contribution >= 4 is 11.8 Å². The average molecular weight is 241 g/mol. The topological polar surface area (TPSA) is 84.2 Å². The molecule has 98 valence electrons. The molecule has 0 aromatic heterocycles. The van der Waals surface area contributed by atoms with Gasteiger partial charge in [0.05, 0.1) is 0 Å². The van der Waals surface area contributed by atoms with Crippen molar-refractivity contribution in [2.75, 3.05) is 13.1 Å². The van der Waals surface area contributed by atoms with Gasteiger partial charge in [-0.3, -0.25) is 9.59 Å². The van der Waals surface area contributed by atoms with Crippen LogP contribution in [0.3, 0.4) is 0 Å². The minimum atomic E-state index is 0.0808. The quantitative estimate of drug-likeness (QED) is 0.560. The van der Waals surface area contributed by atoms with E-state index < -0.39 is 0 Å². The highest BCUT2D eigenvalue weighted by atomic mass is 16.2. The molecule has 0 spiro atoms. The lowest BCUT2D eigenvalue weighted by Gasteiger charge is -2.23. The summed E-state index contributed by atoms with van der Waals surface area (Å²) in [6.45, 7) is 1.30. The van der Waals surface area contributed by atoms with Crippen LogP contribution >= 0.6 is 0 Å². The van der Waals surface area contributed by atoms with E-state index in [1.165, 1.54) is 0 Å². The molecule has 0 aromatic rings. The Bertz CT molecular complexity index is 246. The fourth-order valence-corrected chi connectivity index (χ4v) is 1.94. The van der Waals surface area contributed by atoms with Gasteiger partial charge in [-0.25, -0.2) is 0 Å². The van der Waals surface area contributed by atoms with Gasteiger partial charge in [0.1, 0.15) is 0 Å². The summed E-state index contributed by atoms with van der Waals surface area (Å²) < 4.78 is 0. The highest BCUT2D eigenvalue weighted by Gasteiger charge is 2.18. The summed E-state index contributed by atoms with van der Waals surface area (Å²) in [6.07, 6.45) is 5.97. The lowest BCUT2D eigenvalue weighted by molar-refractivity contribution is -0.125. The molecule has 0 bridgehead atoms. The molecule has 1 unspecified atom stereocenters. The Hall–Kier alpha value is -1.10. The monoisotopic (exact) mass is 241 g/mol. The second-order valence-corrected chi connectivity index (χ2v) is 4.56. The van der Waals surface area contributed by atoms with Crippen LogP contribution in [0.5, 0.6) is 0 Å². The Kier molecular flexibility index (Phi) is 6.62. The fraction of sp³-hybridized carbons (Fsp3) is 0.833. The van der Waals surface area contributed by atoms with Crippen molar-refractivity contribution in [1.82, 2.24) is 10.6 Å². The highest BCUT2D eigenvalue weighted by molar-refractivity contribution is 5.78. The Labute approximate surface area is 103 Å². The van der Waals surface area contributed by atoms with Crippen LogP contribution in [-0.2, 0) is 9.59 Å². The molecule has 1 rings (SSSR count). The Morgan fingerprint density at radius 2 is 2.12 bits per heavy atom. The summed E-state index contributed by atoms with van der Waals surface area (Å²) in [7, 11) is 0. The van der Waals surface area contributed by atoms with Crippen molar-refractivity contribution in [3.63, 3.8) is 0 Å². The van der Waals surface area contributed by atoms with E-state index in [1.807, 2.05) is 0 Å². The summed E-state index contributed by atoms with van der Waals surface area (Å²) in [5.74, 6) is 0.177. The summed E-state index contributed by atoms with van der Waals surface area (Å²) >= 11 is 0. The van der Waals surface area contributed by atoms with Crippen molar-refractivity contribution in [1.29, 1.82) is 0 Å². The number of piperidine rings is 1. The van der Waals surface area contributed by atoms with Gasteiger partial charge < -0.3 is 16.4 Å². The van der Waals surface area contributed by atoms with E-state index in [4.69, 9.17) is 5.73 Å². The zero-order valence-electron chi connectivity index (χ0n) is 10.3. The molecule has 1 aliphatic rings. The molecule has 5 heteroatoms. The van der Waals surface area contributed by atoms with Gasteiger partial charge in [-0.05, 0) is 25.8 Å². The summed E-state index contributed by atoms with van der Waals surface area (Å²) in [5, 5.41) is 5.71. The second-order valence-electron chi connectivity index (χ2n) is 4.56. The molecule has 1 heterocycles. The van der Waals surface area contributed by atoms with Gasteiger partial charge in [-0.15, -0.1) is 0 Å². The van der Waals surface area contributed by atoms with Gasteiger partial charge >= 0.3 is 0 Å². The number of nitrogens with one attached hydrogen (secondary N) is 2. The van der Waals surface area contributed by atoms with Crippen LogP contribution in [0.2, 0.25) is 0 Å². The maximum atomic E-state index is 11.6. The maximum Gasteiger partial charge on any atom is 0.220 e. The molecule has 5 nitrogen and oxygen atoms in total. The molecular formula is C12H23N3O2. The maximum absolute atomic E-state index is 11.6. The third kappa shape index (κ3) is 6.26. The Balaban J connectivity index is 2.02. The molecular weight excluding hydrogens is 218 g/mol. The third-order valence-corrected chi connectivity index (χ3v) is 2.99. The molecule has 1 aliphatic heterocycles. The smallest absolute Gasteiger partial charge is 0.220 e. The van der Waals surface area contributed by atoms with Gasteiger partial charge in [-0.1, -0.05) is 12.8 Å². The molecule has 0 radical (unpaired) electrons. The van der Waals surface area contributed by atoms with Gasteiger partial charge in [0.25, 0.3) is 0 Å². The average Bonchev–Trinajstić information content (AvgIpc) is 2.32. The molecule has 1 saturated heterocycles. The lowest BCUT2D eigenvalue weighted by Crippen LogP contribution is -2.47. The van der Waals surface area contributed by atoms with E-state index in [0.29, 0.717) is 19.4 Å². The van der Waals surface area contributed by atoms with Crippen LogP contribution < -0.4 is 16.4 Å². The zero-order chi connectivity index (χ0) is 12.5. The number of rotatable bonds is 7. The van der Waals surface area contributed by atoms with E-state index in [-0.39, 0.29) is 17.9 Å². The first-order chi connectivity index (χ1) is 8.22. The highest BCUT2D eigenvalue weighted by Crippen LogP contribution is 2.05. The zero-order valence-corrected chi connectivity index (χ0v) is 10.3. The largest absolute Gasteiger partial charge is 0.354 e. The van der Waals surface area contributed by atoms with Crippen LogP contribution in [0.4, 0.5) is 0 Å².